The average molecular weight is 1520 g/mol. The molecule has 0 radical (unpaired) electrons. The van der Waals surface area contributed by atoms with E-state index in [2.05, 4.69) is 47.3 Å². The van der Waals surface area contributed by atoms with Gasteiger partial charge in [-0.15, -0.1) is 0 Å². The molecule has 0 aliphatic carbocycles. The van der Waals surface area contributed by atoms with Crippen LogP contribution in [0.5, 0.6) is 0 Å². The van der Waals surface area contributed by atoms with Crippen molar-refractivity contribution in [1.82, 2.24) is 15.5 Å². The molecule has 6 aromatic rings. The van der Waals surface area contributed by atoms with E-state index in [-0.39, 0.29) is 87.4 Å². The van der Waals surface area contributed by atoms with Gasteiger partial charge in [-0.3, -0.25) is 18.6 Å². The maximum absolute atomic E-state index is 13.0. The van der Waals surface area contributed by atoms with Crippen LogP contribution in [-0.4, -0.2) is 121 Å². The number of rotatable bonds is 14. The minimum absolute atomic E-state index is 0. The number of aliphatic carboxylic acids is 1. The van der Waals surface area contributed by atoms with Crippen LogP contribution < -0.4 is 35.3 Å². The smallest absolute Gasteiger partial charge is 0.768 e. The van der Waals surface area contributed by atoms with Gasteiger partial charge in [0.15, 0.2) is 56.7 Å². The topological polar surface area (TPSA) is 386 Å². The third kappa shape index (κ3) is 28.8. The van der Waals surface area contributed by atoms with Crippen molar-refractivity contribution >= 4 is 125 Å². The molecular weight excluding hydrogens is 1440 g/mol. The number of alkyl halides is 2. The van der Waals surface area contributed by atoms with E-state index in [1.165, 1.54) is 74.5 Å². The molecule has 33 heteroatoms. The normalized spacial score (nSPS) is 12.8. The van der Waals surface area contributed by atoms with E-state index in [9.17, 15) is 65.2 Å². The number of carbonyl (C=O) groups is 3. The molecule has 0 saturated carbocycles. The number of Topliss-reactive ketones (excluding diaryl/α,β-unsaturated/α-hetero) is 2. The van der Waals surface area contributed by atoms with Crippen molar-refractivity contribution in [2.24, 2.45) is 0 Å². The summed E-state index contributed by atoms with van der Waals surface area (Å²) < 4.78 is 148. The van der Waals surface area contributed by atoms with Gasteiger partial charge in [0, 0.05) is 68.8 Å². The average Bonchev–Trinajstić information content (AvgIpc) is 2.00. The predicted molar refractivity (Wildman–Crippen MR) is 341 cm³/mol. The summed E-state index contributed by atoms with van der Waals surface area (Å²) in [7, 11) is -12.8. The zero-order chi connectivity index (χ0) is 69.0. The Morgan fingerprint density at radius 1 is 0.517 bits per heavy atom. The van der Waals surface area contributed by atoms with Crippen molar-refractivity contribution in [1.29, 1.82) is 0 Å². The molecule has 3 aromatic heterocycles. The van der Waals surface area contributed by atoms with Crippen LogP contribution >= 0.6 is 42.5 Å². The van der Waals surface area contributed by atoms with Crippen LogP contribution in [0.4, 0.5) is 5.82 Å². The van der Waals surface area contributed by atoms with E-state index in [0.717, 1.165) is 42.4 Å². The van der Waals surface area contributed by atoms with Crippen molar-refractivity contribution in [3.63, 3.8) is 0 Å². The van der Waals surface area contributed by atoms with Crippen LogP contribution in [0.2, 0.25) is 0 Å². The number of nitrogens with two attached hydrogens (primary N) is 1. The van der Waals surface area contributed by atoms with Crippen LogP contribution in [0, 0.1) is 0 Å². The first-order chi connectivity index (χ1) is 39.2. The fourth-order valence-electron chi connectivity index (χ4n) is 5.85. The molecule has 3 aromatic carbocycles. The minimum atomic E-state index is -4.04. The number of hydrogen-bond acceptors (Lipinski definition) is 22. The molecule has 3 heterocycles. The molecule has 0 aliphatic heterocycles. The quantitative estimate of drug-likeness (QED) is 0.0473. The van der Waals surface area contributed by atoms with E-state index in [1.54, 1.807) is 26.0 Å². The molecule has 0 spiro atoms. The van der Waals surface area contributed by atoms with Crippen LogP contribution in [0.15, 0.2) is 134 Å². The number of anilines is 1. The zero-order valence-corrected chi connectivity index (χ0v) is 63.7. The summed E-state index contributed by atoms with van der Waals surface area (Å²) in [6.07, 6.45) is 3.26. The Morgan fingerprint density at radius 2 is 0.798 bits per heavy atom. The number of nitrogens with zero attached hydrogens (tertiary/aromatic N) is 3. The van der Waals surface area contributed by atoms with Gasteiger partial charge in [-0.2, -0.15) is 0 Å². The second kappa shape index (κ2) is 32.7. The van der Waals surface area contributed by atoms with Crippen molar-refractivity contribution < 1.29 is 113 Å². The molecule has 1 unspecified atom stereocenters. The van der Waals surface area contributed by atoms with E-state index in [0.29, 0.717) is 29.4 Å². The number of carbonyl (C=O) groups excluding carboxylic acids is 2. The summed E-state index contributed by atoms with van der Waals surface area (Å²) in [4.78, 5) is 34.5. The molecule has 3 N–H and O–H groups in total. The van der Waals surface area contributed by atoms with Gasteiger partial charge in [0.05, 0.1) is 53.0 Å². The van der Waals surface area contributed by atoms with E-state index >= 15 is 0 Å². The van der Waals surface area contributed by atoms with Crippen LogP contribution in [0.1, 0.15) is 133 Å². The monoisotopic (exact) mass is 1520 g/mol. The summed E-state index contributed by atoms with van der Waals surface area (Å²) in [5.74, 6) is 1.41. The molecular formula is C56H76Br2ClN4NaO19S6. The molecule has 6 rings (SSSR count). The number of halogens is 3. The summed E-state index contributed by atoms with van der Waals surface area (Å²) >= 11 is 3.97. The number of sulfone groups is 4. The molecule has 0 amide bonds. The summed E-state index contributed by atoms with van der Waals surface area (Å²) in [6, 6.07) is 19.8. The molecule has 1 atom stereocenters. The number of nitrogen functional groups attached to an aromatic ring is 1. The van der Waals surface area contributed by atoms with Crippen molar-refractivity contribution in [2.45, 2.75) is 176 Å². The van der Waals surface area contributed by atoms with Crippen LogP contribution in [0.25, 0.3) is 0 Å². The summed E-state index contributed by atoms with van der Waals surface area (Å²) in [6.45, 7) is 27.6. The SMILES string of the molecule is CC(C)(Br)C(=O)Cc1cc(C(C)(C)C)on1.CC(C)(Br)C(=O)O.CC(C)(C)c1cc(CC(=O)C(C)(C)S(=O)(=O)c2ccc(S(C)(=O)=O)cc2)no1.CC(C)(C)c1cc(N)no1.CS(=O)(=O)c1ccc(S(=O)(=O)Cl)cc1.CS(=O)(=O)c1ccc(S(=O)[O-])cc1.[Na+]. The molecule has 492 valence electrons. The first kappa shape index (κ1) is 85.0. The van der Waals surface area contributed by atoms with E-state index in [4.69, 9.17) is 35.1 Å². The Balaban J connectivity index is 0.00000110. The molecule has 0 bridgehead atoms. The van der Waals surface area contributed by atoms with Gasteiger partial charge in [0.1, 0.15) is 26.4 Å². The fourth-order valence-corrected chi connectivity index (χ4v) is 10.5. The second-order valence-electron chi connectivity index (χ2n) is 24.1. The minimum Gasteiger partial charge on any atom is -0.768 e. The van der Waals surface area contributed by atoms with E-state index < -0.39 is 84.6 Å². The summed E-state index contributed by atoms with van der Waals surface area (Å²) in [5.41, 5.74) is 6.09. The molecule has 0 aliphatic rings. The Labute approximate surface area is 568 Å². The maximum Gasteiger partial charge on any atom is 1.00 e. The standard InChI is InChI=1S/C19H25NO6S2.C12H18BrNO2.C7H7ClO4S2.C7H12N2O.C7H8O4S2.C4H7BrO2.Na/c1-18(2,3)17-12-13(20-26-17)11-16(21)19(4,5)28(24,25)15-9-7-14(8-10-15)27(6,22)23;1-11(2,3)10-7-8(14-16-10)6-9(15)12(4,5)13;1-13(9,10)6-2-4-7(5-3-6)14(8,11)12;1-7(2,3)5-4-6(8)9-10-5;1-13(10,11)7-4-2-6(3-5-7)12(8)9;1-4(2,5)3(6)7;/h7-10,12H,11H2,1-6H3;7H,6H2,1-5H3;2-5H,1H3;4H,1-3H3,(H2,8,9);2-5H,1H3,(H,8,9);1-2H3,(H,6,7);/q;;;;;;+1/p-1. The van der Waals surface area contributed by atoms with Gasteiger partial charge in [-0.1, -0.05) is 110 Å². The first-order valence-corrected chi connectivity index (χ1v) is 37.9. The molecule has 89 heavy (non-hydrogen) atoms. The van der Waals surface area contributed by atoms with Crippen LogP contribution in [0.3, 0.4) is 0 Å². The van der Waals surface area contributed by atoms with Gasteiger partial charge < -0.3 is 29.0 Å². The number of ketones is 2. The summed E-state index contributed by atoms with van der Waals surface area (Å²) in [5, 5.41) is 19.6. The van der Waals surface area contributed by atoms with Crippen molar-refractivity contribution in [3.8, 4) is 0 Å². The largest absolute Gasteiger partial charge is 1.00 e. The second-order valence-corrected chi connectivity index (χ2v) is 40.1. The number of aromatic nitrogens is 3. The van der Waals surface area contributed by atoms with E-state index in [1.807, 2.05) is 82.2 Å². The molecule has 0 fully saturated rings. The Bertz CT molecular complexity index is 3920. The molecule has 0 saturated heterocycles. The Hall–Kier alpha value is -3.99. The number of hydrogen-bond donors (Lipinski definition) is 2. The van der Waals surface area contributed by atoms with Crippen molar-refractivity contribution in [2.75, 3.05) is 24.5 Å². The molecule has 23 nitrogen and oxygen atoms in total. The van der Waals surface area contributed by atoms with Crippen LogP contribution in [-0.2, 0) is 103 Å². The van der Waals surface area contributed by atoms with Gasteiger partial charge in [0.25, 0.3) is 9.05 Å². The fraction of sp³-hybridized carbons (Fsp3) is 0.464. The van der Waals surface area contributed by atoms with Gasteiger partial charge >= 0.3 is 35.5 Å². The van der Waals surface area contributed by atoms with Gasteiger partial charge in [-0.25, -0.2) is 42.1 Å². The zero-order valence-electron chi connectivity index (χ0n) is 52.9. The van der Waals surface area contributed by atoms with Gasteiger partial charge in [-0.05, 0) is 125 Å². The number of carboxylic acid groups (broad SMARTS) is 1. The number of carboxylic acids is 1. The number of benzene rings is 3. The Morgan fingerprint density at radius 3 is 1.03 bits per heavy atom. The first-order valence-electron chi connectivity index (χ1n) is 25.8. The Kier molecular flexibility index (Phi) is 31.3. The predicted octanol–water partition coefficient (Wildman–Crippen LogP) is 7.15. The third-order valence-corrected chi connectivity index (χ3v) is 20.3. The maximum atomic E-state index is 13.0. The van der Waals surface area contributed by atoms with Crippen molar-refractivity contribution in [3.05, 3.63) is 120 Å². The third-order valence-electron chi connectivity index (χ3n) is 11.6. The van der Waals surface area contributed by atoms with Gasteiger partial charge in [0.2, 0.25) is 0 Å².